The highest BCUT2D eigenvalue weighted by Gasteiger charge is 2.38. The lowest BCUT2D eigenvalue weighted by molar-refractivity contribution is -0.142. The maximum atomic E-state index is 13.3. The highest BCUT2D eigenvalue weighted by atomic mass is 16.2. The van der Waals surface area contributed by atoms with Crippen LogP contribution in [0.4, 0.5) is 4.79 Å². The first kappa shape index (κ1) is 17.6. The van der Waals surface area contributed by atoms with E-state index in [1.165, 1.54) is 51.4 Å². The van der Waals surface area contributed by atoms with Crippen LogP contribution < -0.4 is 0 Å². The van der Waals surface area contributed by atoms with Crippen molar-refractivity contribution in [2.75, 3.05) is 27.2 Å². The zero-order valence-corrected chi connectivity index (χ0v) is 15.4. The standard InChI is InChI=1S/C19H33N3O2/c1-20(2)19(24)21-13-11-15(12-14-21)18(23)22(16-7-3-4-8-16)17-9-5-6-10-17/h15-17H,3-14H2,1-2H3. The molecule has 1 aliphatic heterocycles. The van der Waals surface area contributed by atoms with E-state index in [2.05, 4.69) is 4.90 Å². The third-order valence-corrected chi connectivity index (χ3v) is 6.19. The summed E-state index contributed by atoms with van der Waals surface area (Å²) in [6, 6.07) is 1.05. The van der Waals surface area contributed by atoms with Gasteiger partial charge in [0.1, 0.15) is 0 Å². The molecule has 0 aromatic rings. The molecule has 0 bridgehead atoms. The van der Waals surface area contributed by atoms with E-state index >= 15 is 0 Å². The molecule has 3 rings (SSSR count). The average molecular weight is 335 g/mol. The van der Waals surface area contributed by atoms with Crippen molar-refractivity contribution in [3.8, 4) is 0 Å². The maximum absolute atomic E-state index is 13.3. The Bertz CT molecular complexity index is 430. The lowest BCUT2D eigenvalue weighted by Crippen LogP contribution is -2.51. The third-order valence-electron chi connectivity index (χ3n) is 6.19. The maximum Gasteiger partial charge on any atom is 0.319 e. The van der Waals surface area contributed by atoms with Crippen LogP contribution in [0.5, 0.6) is 0 Å². The van der Waals surface area contributed by atoms with Crippen LogP contribution in [0.15, 0.2) is 0 Å². The molecule has 0 aromatic heterocycles. The number of nitrogens with zero attached hydrogens (tertiary/aromatic N) is 3. The van der Waals surface area contributed by atoms with Crippen molar-refractivity contribution < 1.29 is 9.59 Å². The van der Waals surface area contributed by atoms with Crippen LogP contribution in [0.25, 0.3) is 0 Å². The number of carbonyl (C=O) groups excluding carboxylic acids is 2. The van der Waals surface area contributed by atoms with E-state index in [9.17, 15) is 9.59 Å². The molecule has 2 aliphatic carbocycles. The van der Waals surface area contributed by atoms with Gasteiger partial charge in [0.25, 0.3) is 0 Å². The number of piperidine rings is 1. The number of hydrogen-bond acceptors (Lipinski definition) is 2. The molecule has 3 amide bonds. The van der Waals surface area contributed by atoms with Gasteiger partial charge in [0, 0.05) is 45.2 Å². The van der Waals surface area contributed by atoms with Gasteiger partial charge in [-0.15, -0.1) is 0 Å². The van der Waals surface area contributed by atoms with Crippen molar-refractivity contribution >= 4 is 11.9 Å². The Morgan fingerprint density at radius 1 is 0.792 bits per heavy atom. The van der Waals surface area contributed by atoms with E-state index in [1.807, 2.05) is 4.90 Å². The molecule has 0 unspecified atom stereocenters. The number of amides is 3. The molecule has 5 nitrogen and oxygen atoms in total. The first-order valence-electron chi connectivity index (χ1n) is 9.86. The van der Waals surface area contributed by atoms with Gasteiger partial charge in [-0.2, -0.15) is 0 Å². The molecule has 0 aromatic carbocycles. The molecule has 1 heterocycles. The van der Waals surface area contributed by atoms with Crippen LogP contribution in [0.3, 0.4) is 0 Å². The highest BCUT2D eigenvalue weighted by molar-refractivity contribution is 5.80. The SMILES string of the molecule is CN(C)C(=O)N1CCC(C(=O)N(C2CCCC2)C2CCCC2)CC1. The summed E-state index contributed by atoms with van der Waals surface area (Å²) in [5, 5.41) is 0. The molecular weight excluding hydrogens is 302 g/mol. The largest absolute Gasteiger partial charge is 0.336 e. The lowest BCUT2D eigenvalue weighted by atomic mass is 9.93. The topological polar surface area (TPSA) is 43.9 Å². The van der Waals surface area contributed by atoms with E-state index in [0.717, 1.165) is 25.9 Å². The van der Waals surface area contributed by atoms with Gasteiger partial charge in [0.05, 0.1) is 0 Å². The summed E-state index contributed by atoms with van der Waals surface area (Å²) in [4.78, 5) is 31.2. The molecule has 0 atom stereocenters. The van der Waals surface area contributed by atoms with E-state index in [0.29, 0.717) is 18.0 Å². The minimum atomic E-state index is 0.0735. The fraction of sp³-hybridized carbons (Fsp3) is 0.895. The van der Waals surface area contributed by atoms with Crippen molar-refractivity contribution in [3.05, 3.63) is 0 Å². The fourth-order valence-corrected chi connectivity index (χ4v) is 4.83. The molecule has 0 N–H and O–H groups in total. The van der Waals surface area contributed by atoms with Gasteiger partial charge in [-0.3, -0.25) is 4.79 Å². The second-order valence-electron chi connectivity index (χ2n) is 8.06. The van der Waals surface area contributed by atoms with Crippen molar-refractivity contribution in [3.63, 3.8) is 0 Å². The summed E-state index contributed by atoms with van der Waals surface area (Å²) in [7, 11) is 3.59. The normalized spacial score (nSPS) is 23.7. The van der Waals surface area contributed by atoms with Crippen molar-refractivity contribution in [1.82, 2.24) is 14.7 Å². The molecule has 0 spiro atoms. The van der Waals surface area contributed by atoms with Gasteiger partial charge in [-0.1, -0.05) is 25.7 Å². The number of hydrogen-bond donors (Lipinski definition) is 0. The van der Waals surface area contributed by atoms with E-state index < -0.39 is 0 Å². The van der Waals surface area contributed by atoms with Crippen LogP contribution in [0.1, 0.15) is 64.2 Å². The van der Waals surface area contributed by atoms with Crippen LogP contribution in [-0.4, -0.2) is 65.9 Å². The quantitative estimate of drug-likeness (QED) is 0.795. The monoisotopic (exact) mass is 335 g/mol. The number of carbonyl (C=O) groups is 2. The highest BCUT2D eigenvalue weighted by Crippen LogP contribution is 2.34. The Balaban J connectivity index is 1.62. The molecule has 24 heavy (non-hydrogen) atoms. The zero-order valence-electron chi connectivity index (χ0n) is 15.4. The Morgan fingerprint density at radius 3 is 1.67 bits per heavy atom. The summed E-state index contributed by atoms with van der Waals surface area (Å²) >= 11 is 0. The van der Waals surface area contributed by atoms with E-state index in [1.54, 1.807) is 19.0 Å². The summed E-state index contributed by atoms with van der Waals surface area (Å²) in [5.41, 5.74) is 0. The molecule has 3 aliphatic rings. The summed E-state index contributed by atoms with van der Waals surface area (Å²) in [5.74, 6) is 0.517. The van der Waals surface area contributed by atoms with Gasteiger partial charge in [0.2, 0.25) is 5.91 Å². The smallest absolute Gasteiger partial charge is 0.319 e. The van der Waals surface area contributed by atoms with Crippen LogP contribution >= 0.6 is 0 Å². The second kappa shape index (κ2) is 7.75. The molecule has 1 saturated heterocycles. The van der Waals surface area contributed by atoms with Crippen molar-refractivity contribution in [2.45, 2.75) is 76.3 Å². The molecule has 136 valence electrons. The predicted octanol–water partition coefficient (Wildman–Crippen LogP) is 3.09. The van der Waals surface area contributed by atoms with Gasteiger partial charge in [0.15, 0.2) is 0 Å². The summed E-state index contributed by atoms with van der Waals surface area (Å²) < 4.78 is 0. The zero-order chi connectivity index (χ0) is 17.1. The minimum absolute atomic E-state index is 0.0735. The molecule has 5 heteroatoms. The lowest BCUT2D eigenvalue weighted by Gasteiger charge is -2.40. The third kappa shape index (κ3) is 3.70. The van der Waals surface area contributed by atoms with Gasteiger partial charge in [-0.05, 0) is 38.5 Å². The van der Waals surface area contributed by atoms with E-state index in [-0.39, 0.29) is 11.9 Å². The molecule has 0 radical (unpaired) electrons. The van der Waals surface area contributed by atoms with Crippen LogP contribution in [0.2, 0.25) is 0 Å². The minimum Gasteiger partial charge on any atom is -0.336 e. The van der Waals surface area contributed by atoms with Crippen molar-refractivity contribution in [1.29, 1.82) is 0 Å². The predicted molar refractivity (Wildman–Crippen MR) is 94.7 cm³/mol. The number of rotatable bonds is 3. The molecular formula is C19H33N3O2. The Hall–Kier alpha value is -1.26. The number of likely N-dealkylation sites (tertiary alicyclic amines) is 1. The van der Waals surface area contributed by atoms with Crippen molar-refractivity contribution in [2.24, 2.45) is 5.92 Å². The number of urea groups is 1. The van der Waals surface area contributed by atoms with Gasteiger partial charge < -0.3 is 14.7 Å². The fourth-order valence-electron chi connectivity index (χ4n) is 4.83. The second-order valence-corrected chi connectivity index (χ2v) is 8.06. The van der Waals surface area contributed by atoms with Gasteiger partial charge >= 0.3 is 6.03 Å². The molecule has 3 fully saturated rings. The first-order chi connectivity index (χ1) is 11.6. The van der Waals surface area contributed by atoms with E-state index in [4.69, 9.17) is 0 Å². The van der Waals surface area contributed by atoms with Crippen LogP contribution in [-0.2, 0) is 4.79 Å². The van der Waals surface area contributed by atoms with Gasteiger partial charge in [-0.25, -0.2) is 4.79 Å². The Labute approximate surface area is 146 Å². The summed E-state index contributed by atoms with van der Waals surface area (Å²) in [6.07, 6.45) is 11.5. The molecule has 2 saturated carbocycles. The van der Waals surface area contributed by atoms with Crippen LogP contribution in [0, 0.1) is 5.92 Å². The average Bonchev–Trinajstić information content (AvgIpc) is 3.29. The first-order valence-corrected chi connectivity index (χ1v) is 9.86. The summed E-state index contributed by atoms with van der Waals surface area (Å²) in [6.45, 7) is 1.44. The Morgan fingerprint density at radius 2 is 1.25 bits per heavy atom. The Kier molecular flexibility index (Phi) is 5.67.